The van der Waals surface area contributed by atoms with Gasteiger partial charge in [-0.05, 0) is 30.5 Å². The fourth-order valence-corrected chi connectivity index (χ4v) is 1.72. The maximum Gasteiger partial charge on any atom is 0.238 e. The molecule has 4 heteroatoms. The third-order valence-corrected chi connectivity index (χ3v) is 3.26. The number of rotatable bonds is 3. The van der Waals surface area contributed by atoms with Crippen LogP contribution in [0.1, 0.15) is 23.2 Å². The summed E-state index contributed by atoms with van der Waals surface area (Å²) in [5.74, 6) is -0.342. The largest absolute Gasteiger partial charge is 0.352 e. The molecule has 15 heavy (non-hydrogen) atoms. The third kappa shape index (κ3) is 2.78. The molecule has 0 saturated heterocycles. The molecule has 2 rings (SSSR count). The van der Waals surface area contributed by atoms with Crippen molar-refractivity contribution >= 4 is 21.8 Å². The van der Waals surface area contributed by atoms with E-state index >= 15 is 0 Å². The van der Waals surface area contributed by atoms with Gasteiger partial charge in [-0.25, -0.2) is 4.39 Å². The molecule has 1 saturated carbocycles. The number of nitrogens with one attached hydrogen (secondary N) is 1. The van der Waals surface area contributed by atoms with Crippen LogP contribution in [0, 0.1) is 5.82 Å². The highest BCUT2D eigenvalue weighted by Gasteiger charge is 2.26. The summed E-state index contributed by atoms with van der Waals surface area (Å²) in [5, 5.41) is 2.89. The maximum absolute atomic E-state index is 12.7. The highest BCUT2D eigenvalue weighted by atomic mass is 79.9. The minimum absolute atomic E-state index is 0.0518. The van der Waals surface area contributed by atoms with Crippen LogP contribution in [0.5, 0.6) is 0 Å². The summed E-state index contributed by atoms with van der Waals surface area (Å²) in [4.78, 5) is 11.2. The molecule has 0 spiro atoms. The van der Waals surface area contributed by atoms with E-state index in [9.17, 15) is 9.18 Å². The second-order valence-corrected chi connectivity index (χ2v) is 4.61. The first-order chi connectivity index (χ1) is 7.16. The first kappa shape index (κ1) is 10.6. The standard InChI is InChI=1S/C11H11BrFNO/c12-10(11(15)14-9-5-6-9)7-1-3-8(13)4-2-7/h1-4,9-10H,5-6H2,(H,14,15). The Morgan fingerprint density at radius 1 is 1.40 bits per heavy atom. The number of carbonyl (C=O) groups excluding carboxylic acids is 1. The number of halogens is 2. The van der Waals surface area contributed by atoms with Crippen LogP contribution in [0.2, 0.25) is 0 Å². The van der Waals surface area contributed by atoms with Gasteiger partial charge in [0.15, 0.2) is 0 Å². The highest BCUT2D eigenvalue weighted by molar-refractivity contribution is 9.09. The summed E-state index contributed by atoms with van der Waals surface area (Å²) in [6.07, 6.45) is 2.13. The quantitative estimate of drug-likeness (QED) is 0.842. The summed E-state index contributed by atoms with van der Waals surface area (Å²) in [6, 6.07) is 6.28. The van der Waals surface area contributed by atoms with E-state index in [1.807, 2.05) is 0 Å². The molecule has 1 N–H and O–H groups in total. The van der Waals surface area contributed by atoms with Gasteiger partial charge in [0, 0.05) is 6.04 Å². The topological polar surface area (TPSA) is 29.1 Å². The molecule has 1 atom stereocenters. The highest BCUT2D eigenvalue weighted by Crippen LogP contribution is 2.26. The Balaban J connectivity index is 2.02. The second-order valence-electron chi connectivity index (χ2n) is 3.70. The molecular formula is C11H11BrFNO. The van der Waals surface area contributed by atoms with Crippen molar-refractivity contribution in [3.05, 3.63) is 35.6 Å². The van der Waals surface area contributed by atoms with Crippen LogP contribution in [0.4, 0.5) is 4.39 Å². The number of hydrogen-bond acceptors (Lipinski definition) is 1. The summed E-state index contributed by atoms with van der Waals surface area (Å²) >= 11 is 3.30. The minimum atomic E-state index is -0.390. The van der Waals surface area contributed by atoms with E-state index in [0.717, 1.165) is 18.4 Å². The second kappa shape index (κ2) is 4.31. The maximum atomic E-state index is 12.7. The van der Waals surface area contributed by atoms with Crippen molar-refractivity contribution in [2.24, 2.45) is 0 Å². The van der Waals surface area contributed by atoms with Gasteiger partial charge in [0.2, 0.25) is 5.91 Å². The van der Waals surface area contributed by atoms with Gasteiger partial charge >= 0.3 is 0 Å². The lowest BCUT2D eigenvalue weighted by Crippen LogP contribution is -2.28. The van der Waals surface area contributed by atoms with E-state index in [1.165, 1.54) is 12.1 Å². The summed E-state index contributed by atoms with van der Waals surface area (Å²) in [7, 11) is 0. The molecule has 2 nitrogen and oxygen atoms in total. The molecular weight excluding hydrogens is 261 g/mol. The summed E-state index contributed by atoms with van der Waals surface area (Å²) in [5.41, 5.74) is 0.773. The van der Waals surface area contributed by atoms with Crippen molar-refractivity contribution in [1.82, 2.24) is 5.32 Å². The number of hydrogen-bond donors (Lipinski definition) is 1. The van der Waals surface area contributed by atoms with E-state index in [4.69, 9.17) is 0 Å². The molecule has 0 aliphatic heterocycles. The Hall–Kier alpha value is -0.900. The lowest BCUT2D eigenvalue weighted by Gasteiger charge is -2.10. The predicted octanol–water partition coefficient (Wildman–Crippen LogP) is 2.54. The first-order valence-corrected chi connectivity index (χ1v) is 5.78. The molecule has 1 amide bonds. The van der Waals surface area contributed by atoms with E-state index in [-0.39, 0.29) is 11.7 Å². The van der Waals surface area contributed by atoms with Gasteiger partial charge in [-0.2, -0.15) is 0 Å². The van der Waals surface area contributed by atoms with Crippen molar-refractivity contribution in [2.75, 3.05) is 0 Å². The lowest BCUT2D eigenvalue weighted by molar-refractivity contribution is -0.120. The molecule has 0 radical (unpaired) electrons. The zero-order valence-electron chi connectivity index (χ0n) is 8.04. The minimum Gasteiger partial charge on any atom is -0.352 e. The van der Waals surface area contributed by atoms with Gasteiger partial charge in [-0.1, -0.05) is 28.1 Å². The van der Waals surface area contributed by atoms with Gasteiger partial charge in [0.1, 0.15) is 10.6 Å². The van der Waals surface area contributed by atoms with Crippen molar-refractivity contribution in [3.8, 4) is 0 Å². The molecule has 1 fully saturated rings. The van der Waals surface area contributed by atoms with Gasteiger partial charge in [-0.15, -0.1) is 0 Å². The van der Waals surface area contributed by atoms with Crippen LogP contribution in [0.3, 0.4) is 0 Å². The number of benzene rings is 1. The van der Waals surface area contributed by atoms with Crippen molar-refractivity contribution in [1.29, 1.82) is 0 Å². The van der Waals surface area contributed by atoms with Crippen LogP contribution < -0.4 is 5.32 Å². The van der Waals surface area contributed by atoms with Crippen LogP contribution >= 0.6 is 15.9 Å². The monoisotopic (exact) mass is 271 g/mol. The van der Waals surface area contributed by atoms with Crippen LogP contribution in [0.25, 0.3) is 0 Å². The molecule has 0 bridgehead atoms. The molecule has 1 unspecified atom stereocenters. The molecule has 80 valence electrons. The van der Waals surface area contributed by atoms with Gasteiger partial charge in [-0.3, -0.25) is 4.79 Å². The smallest absolute Gasteiger partial charge is 0.238 e. The van der Waals surface area contributed by atoms with Crippen molar-refractivity contribution in [2.45, 2.75) is 23.7 Å². The Morgan fingerprint density at radius 2 is 2.00 bits per heavy atom. The molecule has 0 aromatic heterocycles. The molecule has 1 aromatic rings. The van der Waals surface area contributed by atoms with Crippen molar-refractivity contribution in [3.63, 3.8) is 0 Å². The van der Waals surface area contributed by atoms with Crippen molar-refractivity contribution < 1.29 is 9.18 Å². The van der Waals surface area contributed by atoms with E-state index in [0.29, 0.717) is 6.04 Å². The van der Waals surface area contributed by atoms with E-state index in [2.05, 4.69) is 21.2 Å². The molecule has 1 aliphatic carbocycles. The lowest BCUT2D eigenvalue weighted by atomic mass is 10.1. The summed E-state index contributed by atoms with van der Waals surface area (Å²) < 4.78 is 12.7. The first-order valence-electron chi connectivity index (χ1n) is 4.87. The van der Waals surface area contributed by atoms with Gasteiger partial charge in [0.25, 0.3) is 0 Å². The number of alkyl halides is 1. The average Bonchev–Trinajstić information content (AvgIpc) is 3.02. The number of carbonyl (C=O) groups is 1. The zero-order valence-corrected chi connectivity index (χ0v) is 9.63. The fraction of sp³-hybridized carbons (Fsp3) is 0.364. The molecule has 1 aliphatic rings. The normalized spacial score (nSPS) is 17.2. The van der Waals surface area contributed by atoms with Gasteiger partial charge in [0.05, 0.1) is 0 Å². The zero-order chi connectivity index (χ0) is 10.8. The Bertz CT molecular complexity index is 361. The van der Waals surface area contributed by atoms with Crippen LogP contribution in [-0.2, 0) is 4.79 Å². The van der Waals surface area contributed by atoms with E-state index in [1.54, 1.807) is 12.1 Å². The summed E-state index contributed by atoms with van der Waals surface area (Å²) in [6.45, 7) is 0. The Labute approximate surface area is 96.0 Å². The Kier molecular flexibility index (Phi) is 3.05. The average molecular weight is 272 g/mol. The third-order valence-electron chi connectivity index (χ3n) is 2.32. The molecule has 0 heterocycles. The van der Waals surface area contributed by atoms with Crippen LogP contribution in [0.15, 0.2) is 24.3 Å². The number of amides is 1. The Morgan fingerprint density at radius 3 is 2.53 bits per heavy atom. The SMILES string of the molecule is O=C(NC1CC1)C(Br)c1ccc(F)cc1. The fourth-order valence-electron chi connectivity index (χ4n) is 1.29. The van der Waals surface area contributed by atoms with Gasteiger partial charge < -0.3 is 5.32 Å². The predicted molar refractivity (Wildman–Crippen MR) is 59.2 cm³/mol. The van der Waals surface area contributed by atoms with E-state index < -0.39 is 4.83 Å². The van der Waals surface area contributed by atoms with Crippen LogP contribution in [-0.4, -0.2) is 11.9 Å². The molecule has 1 aromatic carbocycles.